The molecule has 0 aromatic heterocycles. The van der Waals surface area contributed by atoms with Crippen LogP contribution in [-0.2, 0) is 23.1 Å². The molecule has 178 valence electrons. The summed E-state index contributed by atoms with van der Waals surface area (Å²) in [5, 5.41) is 10.4. The Morgan fingerprint density at radius 1 is 0.882 bits per heavy atom. The molecule has 0 saturated carbocycles. The van der Waals surface area contributed by atoms with Crippen LogP contribution >= 0.6 is 0 Å². The predicted octanol–water partition coefficient (Wildman–Crippen LogP) is 3.47. The van der Waals surface area contributed by atoms with E-state index in [0.29, 0.717) is 22.3 Å². The van der Waals surface area contributed by atoms with E-state index >= 15 is 0 Å². The Morgan fingerprint density at radius 3 is 1.94 bits per heavy atom. The number of rotatable bonds is 10. The third kappa shape index (κ3) is 5.91. The summed E-state index contributed by atoms with van der Waals surface area (Å²) < 4.78 is 32.8. The Labute approximate surface area is 198 Å². The minimum atomic E-state index is -4.36. The monoisotopic (exact) mass is 483 g/mol. The Bertz CT molecular complexity index is 1230. The van der Waals surface area contributed by atoms with Gasteiger partial charge >= 0.3 is 12.0 Å². The van der Waals surface area contributed by atoms with Crippen LogP contribution < -0.4 is 10.5 Å². The van der Waals surface area contributed by atoms with E-state index < -0.39 is 22.0 Å². The molecule has 0 aliphatic carbocycles. The van der Waals surface area contributed by atoms with Crippen molar-refractivity contribution in [3.63, 3.8) is 0 Å². The van der Waals surface area contributed by atoms with Crippen molar-refractivity contribution in [3.05, 3.63) is 95.6 Å². The average Bonchev–Trinajstić information content (AvgIpc) is 2.80. The van der Waals surface area contributed by atoms with Gasteiger partial charge in [-0.3, -0.25) is 0 Å². The molecule has 0 unspecified atom stereocenters. The number of carbonyl (C=O) groups is 2. The fourth-order valence-electron chi connectivity index (χ4n) is 3.33. The van der Waals surface area contributed by atoms with Crippen molar-refractivity contribution in [2.45, 2.75) is 24.9 Å². The third-order valence-electron chi connectivity index (χ3n) is 4.88. The highest BCUT2D eigenvalue weighted by molar-refractivity contribution is 7.89. The second-order valence-electron chi connectivity index (χ2n) is 7.30. The zero-order valence-corrected chi connectivity index (χ0v) is 19.3. The molecule has 0 spiro atoms. The molecule has 2 amide bonds. The van der Waals surface area contributed by atoms with Crippen molar-refractivity contribution in [3.8, 4) is 5.75 Å². The quantitative estimate of drug-likeness (QED) is 0.422. The van der Waals surface area contributed by atoms with E-state index in [1.165, 1.54) is 41.4 Å². The number of sulfonamides is 1. The lowest BCUT2D eigenvalue weighted by molar-refractivity contribution is 0.0696. The van der Waals surface area contributed by atoms with Gasteiger partial charge < -0.3 is 15.6 Å². The second-order valence-corrected chi connectivity index (χ2v) is 9.07. The molecule has 0 saturated heterocycles. The summed E-state index contributed by atoms with van der Waals surface area (Å²) >= 11 is 0. The highest BCUT2D eigenvalue weighted by Gasteiger charge is 2.34. The summed E-state index contributed by atoms with van der Waals surface area (Å²) in [5.74, 6) is -0.587. The Hall–Kier alpha value is -3.89. The minimum absolute atomic E-state index is 0.0198. The molecule has 3 aromatic carbocycles. The Balaban J connectivity index is 2.00. The summed E-state index contributed by atoms with van der Waals surface area (Å²) in [4.78, 5) is 23.5. The highest BCUT2D eigenvalue weighted by Crippen LogP contribution is 2.24. The summed E-state index contributed by atoms with van der Waals surface area (Å²) in [6.45, 7) is 2.27. The maximum Gasteiger partial charge on any atom is 0.343 e. The van der Waals surface area contributed by atoms with Crippen LogP contribution in [0.15, 0.2) is 83.8 Å². The molecule has 34 heavy (non-hydrogen) atoms. The molecular formula is C24H25N3O6S. The van der Waals surface area contributed by atoms with Gasteiger partial charge in [-0.1, -0.05) is 42.5 Å². The van der Waals surface area contributed by atoms with Crippen LogP contribution in [0.3, 0.4) is 0 Å². The Kier molecular flexibility index (Phi) is 7.87. The van der Waals surface area contributed by atoms with E-state index in [1.54, 1.807) is 36.4 Å². The van der Waals surface area contributed by atoms with Crippen molar-refractivity contribution in [1.82, 2.24) is 9.42 Å². The molecule has 0 radical (unpaired) electrons. The number of nitrogens with two attached hydrogens (primary N) is 1. The fraction of sp³-hybridized carbons (Fsp3) is 0.167. The van der Waals surface area contributed by atoms with Gasteiger partial charge in [0.25, 0.3) is 10.0 Å². The number of hydrogen-bond donors (Lipinski definition) is 2. The summed E-state index contributed by atoms with van der Waals surface area (Å²) in [6.07, 6.45) is 0. The number of ether oxygens (including phenoxy) is 1. The number of aromatic carboxylic acids is 1. The van der Waals surface area contributed by atoms with Crippen molar-refractivity contribution >= 4 is 22.0 Å². The maximum absolute atomic E-state index is 13.5. The SMILES string of the molecule is CCOc1ccc(S(=O)(=O)N(C(N)=O)N(Cc2ccccc2)Cc2ccc(C(=O)O)cc2)cc1. The largest absolute Gasteiger partial charge is 0.494 e. The number of hydrogen-bond acceptors (Lipinski definition) is 6. The zero-order chi connectivity index (χ0) is 24.7. The molecule has 0 aliphatic heterocycles. The fourth-order valence-corrected chi connectivity index (χ4v) is 4.66. The van der Waals surface area contributed by atoms with Crippen molar-refractivity contribution < 1.29 is 27.9 Å². The summed E-state index contributed by atoms with van der Waals surface area (Å²) in [6, 6.07) is 19.5. The first-order valence-corrected chi connectivity index (χ1v) is 11.8. The van der Waals surface area contributed by atoms with E-state index in [2.05, 4.69) is 0 Å². The first-order chi connectivity index (χ1) is 16.2. The van der Waals surface area contributed by atoms with Gasteiger partial charge in [-0.05, 0) is 54.4 Å². The minimum Gasteiger partial charge on any atom is -0.494 e. The van der Waals surface area contributed by atoms with E-state index in [9.17, 15) is 18.0 Å². The third-order valence-corrected chi connectivity index (χ3v) is 6.61. The van der Waals surface area contributed by atoms with Crippen molar-refractivity contribution in [2.75, 3.05) is 6.61 Å². The number of urea groups is 1. The number of nitrogens with zero attached hydrogens (tertiary/aromatic N) is 2. The van der Waals surface area contributed by atoms with Gasteiger partial charge in [0.2, 0.25) is 0 Å². The molecule has 3 rings (SSSR count). The smallest absolute Gasteiger partial charge is 0.343 e. The number of benzene rings is 3. The molecule has 0 aliphatic rings. The molecule has 0 bridgehead atoms. The van der Waals surface area contributed by atoms with Gasteiger partial charge in [0.05, 0.1) is 17.1 Å². The van der Waals surface area contributed by atoms with Crippen LogP contribution in [0.25, 0.3) is 0 Å². The molecule has 0 heterocycles. The molecule has 9 nitrogen and oxygen atoms in total. The van der Waals surface area contributed by atoms with Crippen LogP contribution in [-0.4, -0.2) is 41.6 Å². The van der Waals surface area contributed by atoms with E-state index in [4.69, 9.17) is 15.6 Å². The number of carboxylic acids is 1. The van der Waals surface area contributed by atoms with Crippen LogP contribution in [0.5, 0.6) is 5.75 Å². The molecule has 10 heteroatoms. The molecule has 3 aromatic rings. The predicted molar refractivity (Wildman–Crippen MR) is 125 cm³/mol. The standard InChI is InChI=1S/C24H25N3O6S/c1-2-33-21-12-14-22(15-13-21)34(31,32)27(24(25)30)26(16-18-6-4-3-5-7-18)17-19-8-10-20(11-9-19)23(28)29/h3-15H,2,16-17H2,1H3,(H2,25,30)(H,28,29). The van der Waals surface area contributed by atoms with Crippen LogP contribution in [0.4, 0.5) is 4.79 Å². The van der Waals surface area contributed by atoms with Gasteiger partial charge in [-0.15, -0.1) is 4.41 Å². The number of carbonyl (C=O) groups excluding carboxylic acids is 1. The van der Waals surface area contributed by atoms with E-state index in [-0.39, 0.29) is 23.5 Å². The summed E-state index contributed by atoms with van der Waals surface area (Å²) in [5.41, 5.74) is 7.00. The topological polar surface area (TPSA) is 130 Å². The molecule has 3 N–H and O–H groups in total. The van der Waals surface area contributed by atoms with E-state index in [0.717, 1.165) is 5.56 Å². The Morgan fingerprint density at radius 2 is 1.44 bits per heavy atom. The van der Waals surface area contributed by atoms with Gasteiger partial charge in [0.1, 0.15) is 5.75 Å². The molecule has 0 fully saturated rings. The van der Waals surface area contributed by atoms with Crippen LogP contribution in [0, 0.1) is 0 Å². The highest BCUT2D eigenvalue weighted by atomic mass is 32.2. The maximum atomic E-state index is 13.5. The number of hydrazine groups is 1. The second kappa shape index (κ2) is 10.8. The average molecular weight is 484 g/mol. The summed E-state index contributed by atoms with van der Waals surface area (Å²) in [7, 11) is -4.36. The van der Waals surface area contributed by atoms with Gasteiger partial charge in [-0.2, -0.15) is 13.4 Å². The van der Waals surface area contributed by atoms with Gasteiger partial charge in [0, 0.05) is 13.1 Å². The molecule has 0 atom stereocenters. The van der Waals surface area contributed by atoms with Crippen LogP contribution in [0.2, 0.25) is 0 Å². The first kappa shape index (κ1) is 24.7. The van der Waals surface area contributed by atoms with Crippen LogP contribution in [0.1, 0.15) is 28.4 Å². The van der Waals surface area contributed by atoms with Crippen molar-refractivity contribution in [1.29, 1.82) is 0 Å². The first-order valence-electron chi connectivity index (χ1n) is 10.4. The number of amides is 2. The lowest BCUT2D eigenvalue weighted by Gasteiger charge is -2.33. The van der Waals surface area contributed by atoms with Gasteiger partial charge in [0.15, 0.2) is 0 Å². The number of carboxylic acid groups (broad SMARTS) is 1. The van der Waals surface area contributed by atoms with Gasteiger partial charge in [-0.25, -0.2) is 9.59 Å². The lowest BCUT2D eigenvalue weighted by atomic mass is 10.1. The lowest BCUT2D eigenvalue weighted by Crippen LogP contribution is -2.51. The number of primary amides is 1. The van der Waals surface area contributed by atoms with E-state index in [1.807, 2.05) is 13.0 Å². The van der Waals surface area contributed by atoms with Crippen molar-refractivity contribution in [2.24, 2.45) is 5.73 Å². The molecular weight excluding hydrogens is 458 g/mol. The zero-order valence-electron chi connectivity index (χ0n) is 18.5. The normalized spacial score (nSPS) is 11.2.